The van der Waals surface area contributed by atoms with Crippen LogP contribution in [-0.4, -0.2) is 12.0 Å². The Bertz CT molecular complexity index is 724. The maximum Gasteiger partial charge on any atom is 0.416 e. The number of halogens is 3. The van der Waals surface area contributed by atoms with Crippen molar-refractivity contribution in [3.8, 4) is 5.75 Å². The maximum atomic E-state index is 12.5. The second-order valence-corrected chi connectivity index (χ2v) is 6.02. The summed E-state index contributed by atoms with van der Waals surface area (Å²) in [4.78, 5) is 12.2. The Morgan fingerprint density at radius 1 is 1.00 bits per heavy atom. The summed E-state index contributed by atoms with van der Waals surface area (Å²) in [6.45, 7) is 5.64. The van der Waals surface area contributed by atoms with E-state index in [0.29, 0.717) is 5.75 Å². The highest BCUT2D eigenvalue weighted by atomic mass is 19.4. The van der Waals surface area contributed by atoms with Crippen LogP contribution in [0.4, 0.5) is 18.9 Å². The molecule has 25 heavy (non-hydrogen) atoms. The number of para-hydroxylation sites is 1. The van der Waals surface area contributed by atoms with Crippen molar-refractivity contribution in [2.75, 3.05) is 5.32 Å². The van der Waals surface area contributed by atoms with E-state index in [1.807, 2.05) is 32.0 Å². The van der Waals surface area contributed by atoms with E-state index in [0.717, 1.165) is 17.7 Å². The lowest BCUT2D eigenvalue weighted by Gasteiger charge is -2.18. The molecule has 0 radical (unpaired) electrons. The number of ether oxygens (including phenoxy) is 1. The molecule has 2 aromatic rings. The van der Waals surface area contributed by atoms with Gasteiger partial charge in [-0.2, -0.15) is 13.2 Å². The summed E-state index contributed by atoms with van der Waals surface area (Å²) in [5.74, 6) is 0.423. The Hall–Kier alpha value is -2.50. The Kier molecular flexibility index (Phi) is 5.72. The van der Waals surface area contributed by atoms with Gasteiger partial charge >= 0.3 is 6.18 Å². The van der Waals surface area contributed by atoms with Gasteiger partial charge in [0.15, 0.2) is 6.10 Å². The van der Waals surface area contributed by atoms with Crippen molar-refractivity contribution >= 4 is 11.6 Å². The standard InChI is InChI=1S/C19H20F3NO2/c1-12(2)16-6-4-5-7-17(16)25-13(3)18(24)23-15-10-8-14(9-11-15)19(20,21)22/h4-13H,1-3H3,(H,23,24). The number of amides is 1. The van der Waals surface area contributed by atoms with Gasteiger partial charge in [-0.15, -0.1) is 0 Å². The summed E-state index contributed by atoms with van der Waals surface area (Å²) in [6, 6.07) is 11.7. The molecule has 0 fully saturated rings. The molecule has 0 bridgehead atoms. The number of benzene rings is 2. The van der Waals surface area contributed by atoms with Crippen molar-refractivity contribution in [2.24, 2.45) is 0 Å². The first-order valence-corrected chi connectivity index (χ1v) is 7.92. The van der Waals surface area contributed by atoms with Crippen LogP contribution < -0.4 is 10.1 Å². The second kappa shape index (κ2) is 7.59. The van der Waals surface area contributed by atoms with Crippen LogP contribution in [0.25, 0.3) is 0 Å². The van der Waals surface area contributed by atoms with Crippen molar-refractivity contribution in [3.05, 3.63) is 59.7 Å². The molecule has 0 aliphatic carbocycles. The summed E-state index contributed by atoms with van der Waals surface area (Å²) >= 11 is 0. The Morgan fingerprint density at radius 2 is 1.60 bits per heavy atom. The number of carbonyl (C=O) groups excluding carboxylic acids is 1. The van der Waals surface area contributed by atoms with E-state index < -0.39 is 23.8 Å². The van der Waals surface area contributed by atoms with E-state index in [2.05, 4.69) is 5.32 Å². The predicted octanol–water partition coefficient (Wildman–Crippen LogP) is 5.23. The van der Waals surface area contributed by atoms with E-state index in [-0.39, 0.29) is 11.6 Å². The number of nitrogens with one attached hydrogen (secondary N) is 1. The summed E-state index contributed by atoms with van der Waals surface area (Å²) in [7, 11) is 0. The van der Waals surface area contributed by atoms with Gasteiger partial charge in [0.25, 0.3) is 5.91 Å². The second-order valence-electron chi connectivity index (χ2n) is 6.02. The summed E-state index contributed by atoms with van der Waals surface area (Å²) in [5.41, 5.74) is 0.503. The van der Waals surface area contributed by atoms with Gasteiger partial charge in [0.2, 0.25) is 0 Å². The summed E-state index contributed by atoms with van der Waals surface area (Å²) < 4.78 is 43.4. The molecule has 0 heterocycles. The quantitative estimate of drug-likeness (QED) is 0.800. The lowest BCUT2D eigenvalue weighted by Crippen LogP contribution is -2.30. The minimum Gasteiger partial charge on any atom is -0.481 e. The molecule has 3 nitrogen and oxygen atoms in total. The zero-order valence-corrected chi connectivity index (χ0v) is 14.2. The fraction of sp³-hybridized carbons (Fsp3) is 0.316. The molecule has 0 aliphatic rings. The first-order valence-electron chi connectivity index (χ1n) is 7.92. The zero-order chi connectivity index (χ0) is 18.6. The monoisotopic (exact) mass is 351 g/mol. The molecule has 0 spiro atoms. The van der Waals surface area contributed by atoms with Crippen LogP contribution in [0.1, 0.15) is 37.8 Å². The molecule has 0 aromatic heterocycles. The fourth-order valence-electron chi connectivity index (χ4n) is 2.30. The third-order valence-electron chi connectivity index (χ3n) is 3.69. The van der Waals surface area contributed by atoms with Gasteiger partial charge in [0, 0.05) is 5.69 Å². The zero-order valence-electron chi connectivity index (χ0n) is 14.2. The first-order chi connectivity index (χ1) is 11.7. The van der Waals surface area contributed by atoms with Crippen LogP contribution >= 0.6 is 0 Å². The number of anilines is 1. The van der Waals surface area contributed by atoms with Crippen molar-refractivity contribution in [1.29, 1.82) is 0 Å². The van der Waals surface area contributed by atoms with Crippen LogP contribution in [0.2, 0.25) is 0 Å². The Labute approximate surface area is 144 Å². The average molecular weight is 351 g/mol. The molecule has 134 valence electrons. The van der Waals surface area contributed by atoms with Gasteiger partial charge < -0.3 is 10.1 Å². The number of hydrogen-bond acceptors (Lipinski definition) is 2. The normalized spacial score (nSPS) is 12.8. The highest BCUT2D eigenvalue weighted by Crippen LogP contribution is 2.30. The molecule has 0 aliphatic heterocycles. The molecular formula is C19H20F3NO2. The van der Waals surface area contributed by atoms with Crippen LogP contribution in [0.3, 0.4) is 0 Å². The van der Waals surface area contributed by atoms with Crippen molar-refractivity contribution in [2.45, 2.75) is 39.0 Å². The largest absolute Gasteiger partial charge is 0.481 e. The first kappa shape index (κ1) is 18.8. The van der Waals surface area contributed by atoms with Gasteiger partial charge in [0.1, 0.15) is 5.75 Å². The van der Waals surface area contributed by atoms with Crippen LogP contribution in [0.15, 0.2) is 48.5 Å². The van der Waals surface area contributed by atoms with Crippen LogP contribution in [0.5, 0.6) is 5.75 Å². The molecule has 1 N–H and O–H groups in total. The third kappa shape index (κ3) is 4.98. The van der Waals surface area contributed by atoms with Gasteiger partial charge in [-0.25, -0.2) is 0 Å². The minimum absolute atomic E-state index is 0.237. The number of carbonyl (C=O) groups is 1. The molecular weight excluding hydrogens is 331 g/mol. The van der Waals surface area contributed by atoms with Crippen molar-refractivity contribution in [1.82, 2.24) is 0 Å². The Morgan fingerprint density at radius 3 is 2.16 bits per heavy atom. The molecule has 2 rings (SSSR count). The topological polar surface area (TPSA) is 38.3 Å². The molecule has 1 amide bonds. The highest BCUT2D eigenvalue weighted by Gasteiger charge is 2.30. The average Bonchev–Trinajstić information content (AvgIpc) is 2.54. The minimum atomic E-state index is -4.40. The summed E-state index contributed by atoms with van der Waals surface area (Å²) in [6.07, 6.45) is -5.19. The maximum absolute atomic E-state index is 12.5. The van der Waals surface area contributed by atoms with Crippen molar-refractivity contribution < 1.29 is 22.7 Å². The molecule has 0 saturated heterocycles. The van der Waals surface area contributed by atoms with Crippen molar-refractivity contribution in [3.63, 3.8) is 0 Å². The SMILES string of the molecule is CC(Oc1ccccc1C(C)C)C(=O)Nc1ccc(C(F)(F)F)cc1. The lowest BCUT2D eigenvalue weighted by molar-refractivity contribution is -0.137. The van der Waals surface area contributed by atoms with E-state index in [1.54, 1.807) is 13.0 Å². The molecule has 1 unspecified atom stereocenters. The van der Waals surface area contributed by atoms with Gasteiger partial charge in [-0.1, -0.05) is 32.0 Å². The fourth-order valence-corrected chi connectivity index (χ4v) is 2.30. The number of hydrogen-bond donors (Lipinski definition) is 1. The van der Waals surface area contributed by atoms with E-state index >= 15 is 0 Å². The van der Waals surface area contributed by atoms with Crippen LogP contribution in [0, 0.1) is 0 Å². The Balaban J connectivity index is 2.04. The van der Waals surface area contributed by atoms with E-state index in [9.17, 15) is 18.0 Å². The van der Waals surface area contributed by atoms with Gasteiger partial charge in [-0.3, -0.25) is 4.79 Å². The van der Waals surface area contributed by atoms with E-state index in [1.165, 1.54) is 12.1 Å². The van der Waals surface area contributed by atoms with Crippen LogP contribution in [-0.2, 0) is 11.0 Å². The molecule has 1 atom stereocenters. The predicted molar refractivity (Wildman–Crippen MR) is 90.7 cm³/mol. The van der Waals surface area contributed by atoms with Gasteiger partial charge in [0.05, 0.1) is 5.56 Å². The highest BCUT2D eigenvalue weighted by molar-refractivity contribution is 5.94. The lowest BCUT2D eigenvalue weighted by atomic mass is 10.0. The van der Waals surface area contributed by atoms with Gasteiger partial charge in [-0.05, 0) is 48.7 Å². The number of alkyl halides is 3. The molecule has 6 heteroatoms. The molecule has 0 saturated carbocycles. The van der Waals surface area contributed by atoms with E-state index in [4.69, 9.17) is 4.74 Å². The smallest absolute Gasteiger partial charge is 0.416 e. The number of rotatable bonds is 5. The summed E-state index contributed by atoms with van der Waals surface area (Å²) in [5, 5.41) is 2.56. The molecule has 2 aromatic carbocycles. The third-order valence-corrected chi connectivity index (χ3v) is 3.69.